The minimum absolute atomic E-state index is 0.722. The summed E-state index contributed by atoms with van der Waals surface area (Å²) in [5.41, 5.74) is 2.95. The second-order valence-corrected chi connectivity index (χ2v) is 4.65. The van der Waals surface area contributed by atoms with Crippen LogP contribution < -0.4 is 4.90 Å². The van der Waals surface area contributed by atoms with Crippen LogP contribution in [0.4, 0.5) is 5.69 Å². The van der Waals surface area contributed by atoms with Crippen LogP contribution in [0.5, 0.6) is 0 Å². The lowest BCUT2D eigenvalue weighted by Crippen LogP contribution is -2.28. The number of anilines is 1. The molecule has 2 rings (SSSR count). The smallest absolute Gasteiger partial charge is 0.0399 e. The topological polar surface area (TPSA) is 3.24 Å². The van der Waals surface area contributed by atoms with E-state index in [0.29, 0.717) is 0 Å². The highest BCUT2D eigenvalue weighted by Crippen LogP contribution is 2.28. The third-order valence-corrected chi connectivity index (χ3v) is 3.81. The van der Waals surface area contributed by atoms with E-state index in [1.807, 2.05) is 0 Å². The van der Waals surface area contributed by atoms with Crippen LogP contribution in [0.15, 0.2) is 24.3 Å². The molecule has 1 aliphatic rings. The van der Waals surface area contributed by atoms with Gasteiger partial charge < -0.3 is 4.90 Å². The van der Waals surface area contributed by atoms with Gasteiger partial charge in [0.25, 0.3) is 0 Å². The summed E-state index contributed by atoms with van der Waals surface area (Å²) in [5, 5.41) is 0. The zero-order chi connectivity index (χ0) is 10.7. The van der Waals surface area contributed by atoms with Gasteiger partial charge in [-0.25, -0.2) is 0 Å². The van der Waals surface area contributed by atoms with Crippen LogP contribution in [0, 0.1) is 5.92 Å². The SMILES string of the molecule is CCC(CS)CN1CCc2ccccc21. The molecule has 0 fully saturated rings. The Hall–Kier alpha value is -0.630. The van der Waals surface area contributed by atoms with E-state index >= 15 is 0 Å². The Kier molecular flexibility index (Phi) is 3.57. The van der Waals surface area contributed by atoms with E-state index in [-0.39, 0.29) is 0 Å². The molecule has 15 heavy (non-hydrogen) atoms. The van der Waals surface area contributed by atoms with Crippen molar-refractivity contribution in [2.45, 2.75) is 19.8 Å². The third-order valence-electron chi connectivity index (χ3n) is 3.30. The fraction of sp³-hybridized carbons (Fsp3) is 0.538. The van der Waals surface area contributed by atoms with Gasteiger partial charge in [0.2, 0.25) is 0 Å². The first-order valence-corrected chi connectivity index (χ1v) is 6.42. The largest absolute Gasteiger partial charge is 0.371 e. The molecule has 0 radical (unpaired) electrons. The molecule has 82 valence electrons. The highest BCUT2D eigenvalue weighted by molar-refractivity contribution is 7.80. The summed E-state index contributed by atoms with van der Waals surface area (Å²) in [4.78, 5) is 2.51. The van der Waals surface area contributed by atoms with Crippen LogP contribution in [-0.4, -0.2) is 18.8 Å². The molecule has 0 saturated carbocycles. The number of rotatable bonds is 4. The van der Waals surface area contributed by atoms with E-state index in [1.165, 1.54) is 30.6 Å². The van der Waals surface area contributed by atoms with Crippen molar-refractivity contribution < 1.29 is 0 Å². The van der Waals surface area contributed by atoms with Crippen molar-refractivity contribution in [1.29, 1.82) is 0 Å². The molecule has 0 aromatic heterocycles. The minimum Gasteiger partial charge on any atom is -0.371 e. The van der Waals surface area contributed by atoms with Crippen molar-refractivity contribution >= 4 is 18.3 Å². The fourth-order valence-electron chi connectivity index (χ4n) is 2.22. The van der Waals surface area contributed by atoms with Gasteiger partial charge in [0, 0.05) is 18.8 Å². The molecule has 1 aliphatic heterocycles. The number of nitrogens with zero attached hydrogens (tertiary/aromatic N) is 1. The first kappa shape index (κ1) is 10.9. The standard InChI is InChI=1S/C13H19NS/c1-2-11(10-15)9-14-8-7-12-5-3-4-6-13(12)14/h3-6,11,15H,2,7-10H2,1H3. The van der Waals surface area contributed by atoms with E-state index < -0.39 is 0 Å². The number of fused-ring (bicyclic) bond motifs is 1. The van der Waals surface area contributed by atoms with E-state index in [1.54, 1.807) is 0 Å². The van der Waals surface area contributed by atoms with E-state index in [2.05, 4.69) is 48.7 Å². The summed E-state index contributed by atoms with van der Waals surface area (Å²) in [6, 6.07) is 8.77. The predicted octanol–water partition coefficient (Wildman–Crippen LogP) is 3.01. The summed E-state index contributed by atoms with van der Waals surface area (Å²) in [5.74, 6) is 1.72. The van der Waals surface area contributed by atoms with Crippen molar-refractivity contribution in [3.05, 3.63) is 29.8 Å². The Labute approximate surface area is 97.9 Å². The summed E-state index contributed by atoms with van der Waals surface area (Å²) >= 11 is 4.41. The molecule has 1 nitrogen and oxygen atoms in total. The molecule has 1 heterocycles. The Morgan fingerprint density at radius 2 is 2.20 bits per heavy atom. The zero-order valence-corrected chi connectivity index (χ0v) is 10.2. The van der Waals surface area contributed by atoms with E-state index in [0.717, 1.165) is 18.2 Å². The van der Waals surface area contributed by atoms with Gasteiger partial charge in [-0.2, -0.15) is 12.6 Å². The highest BCUT2D eigenvalue weighted by Gasteiger charge is 2.20. The lowest BCUT2D eigenvalue weighted by molar-refractivity contribution is 0.560. The second-order valence-electron chi connectivity index (χ2n) is 4.28. The first-order chi connectivity index (χ1) is 7.35. The Morgan fingerprint density at radius 3 is 2.93 bits per heavy atom. The second kappa shape index (κ2) is 4.93. The quantitative estimate of drug-likeness (QED) is 0.765. The maximum Gasteiger partial charge on any atom is 0.0399 e. The number of hydrogen-bond donors (Lipinski definition) is 1. The number of para-hydroxylation sites is 1. The van der Waals surface area contributed by atoms with Crippen LogP contribution in [0.2, 0.25) is 0 Å². The van der Waals surface area contributed by atoms with Crippen LogP contribution in [0.25, 0.3) is 0 Å². The summed E-state index contributed by atoms with van der Waals surface area (Å²) in [6.45, 7) is 4.60. The van der Waals surface area contributed by atoms with Gasteiger partial charge in [-0.15, -0.1) is 0 Å². The van der Waals surface area contributed by atoms with Crippen molar-refractivity contribution in [1.82, 2.24) is 0 Å². The Bertz CT molecular complexity index is 320. The molecule has 2 heteroatoms. The van der Waals surface area contributed by atoms with Gasteiger partial charge in [0.05, 0.1) is 0 Å². The maximum absolute atomic E-state index is 4.41. The number of thiol groups is 1. The molecule has 0 amide bonds. The number of benzene rings is 1. The molecule has 1 aromatic rings. The minimum atomic E-state index is 0.722. The summed E-state index contributed by atoms with van der Waals surface area (Å²) < 4.78 is 0. The molecule has 0 bridgehead atoms. The molecule has 1 unspecified atom stereocenters. The lowest BCUT2D eigenvalue weighted by atomic mass is 10.1. The van der Waals surface area contributed by atoms with E-state index in [9.17, 15) is 0 Å². The summed E-state index contributed by atoms with van der Waals surface area (Å²) in [6.07, 6.45) is 2.43. The molecule has 0 aliphatic carbocycles. The van der Waals surface area contributed by atoms with Crippen molar-refractivity contribution in [2.24, 2.45) is 5.92 Å². The van der Waals surface area contributed by atoms with Gasteiger partial charge in [-0.05, 0) is 29.7 Å². The molecule has 0 spiro atoms. The van der Waals surface area contributed by atoms with Crippen LogP contribution in [0.3, 0.4) is 0 Å². The monoisotopic (exact) mass is 221 g/mol. The molecule has 0 N–H and O–H groups in total. The van der Waals surface area contributed by atoms with Gasteiger partial charge in [-0.1, -0.05) is 31.5 Å². The lowest BCUT2D eigenvalue weighted by Gasteiger charge is -2.24. The third kappa shape index (κ3) is 2.31. The molecule has 1 aromatic carbocycles. The Balaban J connectivity index is 2.07. The van der Waals surface area contributed by atoms with Gasteiger partial charge >= 0.3 is 0 Å². The van der Waals surface area contributed by atoms with Crippen LogP contribution in [-0.2, 0) is 6.42 Å². The van der Waals surface area contributed by atoms with Gasteiger partial charge in [0.1, 0.15) is 0 Å². The average molecular weight is 221 g/mol. The zero-order valence-electron chi connectivity index (χ0n) is 9.32. The molecular formula is C13H19NS. The summed E-state index contributed by atoms with van der Waals surface area (Å²) in [7, 11) is 0. The van der Waals surface area contributed by atoms with Crippen molar-refractivity contribution in [3.8, 4) is 0 Å². The van der Waals surface area contributed by atoms with Gasteiger partial charge in [-0.3, -0.25) is 0 Å². The molecule has 1 atom stereocenters. The van der Waals surface area contributed by atoms with Crippen molar-refractivity contribution in [3.63, 3.8) is 0 Å². The van der Waals surface area contributed by atoms with Gasteiger partial charge in [0.15, 0.2) is 0 Å². The fourth-order valence-corrected chi connectivity index (χ4v) is 2.60. The van der Waals surface area contributed by atoms with Crippen LogP contribution >= 0.6 is 12.6 Å². The highest BCUT2D eigenvalue weighted by atomic mass is 32.1. The molecular weight excluding hydrogens is 202 g/mol. The van der Waals surface area contributed by atoms with E-state index in [4.69, 9.17) is 0 Å². The maximum atomic E-state index is 4.41. The first-order valence-electron chi connectivity index (χ1n) is 5.79. The van der Waals surface area contributed by atoms with Crippen molar-refractivity contribution in [2.75, 3.05) is 23.7 Å². The predicted molar refractivity (Wildman–Crippen MR) is 70.0 cm³/mol. The molecule has 0 saturated heterocycles. The Morgan fingerprint density at radius 1 is 1.40 bits per heavy atom. The average Bonchev–Trinajstić information content (AvgIpc) is 2.69. The van der Waals surface area contributed by atoms with Crippen LogP contribution in [0.1, 0.15) is 18.9 Å². The normalized spacial score (nSPS) is 16.5. The number of hydrogen-bond acceptors (Lipinski definition) is 2.